The van der Waals surface area contributed by atoms with Crippen molar-refractivity contribution in [3.63, 3.8) is 0 Å². The normalized spacial score (nSPS) is 11.6. The van der Waals surface area contributed by atoms with E-state index in [1.165, 1.54) is 36.4 Å². The number of fused-ring (bicyclic) bond motifs is 1. The zero-order valence-corrected chi connectivity index (χ0v) is 13.1. The quantitative estimate of drug-likeness (QED) is 0.418. The number of carboxylic acid groups (broad SMARTS) is 1. The molecule has 2 N–H and O–H groups in total. The molecule has 25 heavy (non-hydrogen) atoms. The van der Waals surface area contributed by atoms with Crippen molar-refractivity contribution in [2.75, 3.05) is 0 Å². The van der Waals surface area contributed by atoms with E-state index in [0.29, 0.717) is 11.0 Å². The number of nitrogens with zero attached hydrogens (tertiary/aromatic N) is 2. The Labute approximate surface area is 145 Å². The predicted molar refractivity (Wildman–Crippen MR) is 88.4 cm³/mol. The number of nitro benzene ring substituents is 1. The fourth-order valence-electron chi connectivity index (χ4n) is 2.35. The molecule has 0 atom stereocenters. The van der Waals surface area contributed by atoms with E-state index in [4.69, 9.17) is 16.7 Å². The van der Waals surface area contributed by atoms with Gasteiger partial charge in [-0.2, -0.15) is 0 Å². The maximum atomic E-state index is 12.1. The van der Waals surface area contributed by atoms with Crippen molar-refractivity contribution in [2.24, 2.45) is 0 Å². The van der Waals surface area contributed by atoms with Gasteiger partial charge in [-0.25, -0.2) is 9.78 Å². The Balaban J connectivity index is 2.20. The van der Waals surface area contributed by atoms with Crippen LogP contribution in [0.5, 0.6) is 5.75 Å². The minimum absolute atomic E-state index is 0.0267. The molecule has 0 saturated carbocycles. The lowest BCUT2D eigenvalue weighted by Gasteiger charge is -2.15. The molecule has 0 aliphatic carbocycles. The van der Waals surface area contributed by atoms with Crippen LogP contribution in [0.1, 0.15) is 11.4 Å². The number of aromatic amines is 1. The van der Waals surface area contributed by atoms with Gasteiger partial charge in [0.1, 0.15) is 5.82 Å². The topological polar surface area (TPSA) is 132 Å². The monoisotopic (exact) mass is 358 g/mol. The molecule has 3 rings (SSSR count). The lowest BCUT2D eigenvalue weighted by Crippen LogP contribution is -2.01. The molecule has 0 bridgehead atoms. The number of nitro groups is 1. The zero-order valence-electron chi connectivity index (χ0n) is 12.4. The van der Waals surface area contributed by atoms with Crippen LogP contribution >= 0.6 is 11.6 Å². The lowest BCUT2D eigenvalue weighted by atomic mass is 10.0. The standard InChI is InChI=1S/C16H10ClN3O5/c17-8-1-4-14(21)10(5-8)11(7-15(22)23)16-18-12-3-2-9(20(24)25)6-13(12)19-16/h1-7,21H,(H,18,19)(H,22,23)/p-1/b11-7-. The second-order valence-electron chi connectivity index (χ2n) is 5.08. The summed E-state index contributed by atoms with van der Waals surface area (Å²) in [5.41, 5.74) is 0.683. The van der Waals surface area contributed by atoms with Crippen LogP contribution in [-0.4, -0.2) is 26.0 Å². The molecular weight excluding hydrogens is 350 g/mol. The molecule has 3 aromatic rings. The Morgan fingerprint density at radius 2 is 2.04 bits per heavy atom. The van der Waals surface area contributed by atoms with Crippen molar-refractivity contribution >= 4 is 39.9 Å². The minimum Gasteiger partial charge on any atom is -0.872 e. The number of non-ortho nitro benzene ring substituents is 1. The van der Waals surface area contributed by atoms with Gasteiger partial charge in [0.05, 0.1) is 16.0 Å². The summed E-state index contributed by atoms with van der Waals surface area (Å²) in [7, 11) is 0. The molecule has 126 valence electrons. The highest BCUT2D eigenvalue weighted by Gasteiger charge is 2.15. The molecular formula is C16H9ClN3O5-. The Hall–Kier alpha value is -3.39. The van der Waals surface area contributed by atoms with Gasteiger partial charge in [0.2, 0.25) is 0 Å². The van der Waals surface area contributed by atoms with Crippen LogP contribution in [0.25, 0.3) is 16.6 Å². The van der Waals surface area contributed by atoms with E-state index in [1.54, 1.807) is 0 Å². The number of nitrogens with one attached hydrogen (secondary N) is 1. The summed E-state index contributed by atoms with van der Waals surface area (Å²) in [6.07, 6.45) is 0.833. The van der Waals surface area contributed by atoms with Crippen molar-refractivity contribution in [3.8, 4) is 5.75 Å². The second-order valence-corrected chi connectivity index (χ2v) is 5.52. The molecule has 0 aliphatic rings. The van der Waals surface area contributed by atoms with Gasteiger partial charge in [-0.1, -0.05) is 17.7 Å². The lowest BCUT2D eigenvalue weighted by molar-refractivity contribution is -0.384. The van der Waals surface area contributed by atoms with E-state index < -0.39 is 16.6 Å². The molecule has 0 amide bonds. The van der Waals surface area contributed by atoms with Crippen LogP contribution < -0.4 is 5.11 Å². The number of carboxylic acids is 1. The second kappa shape index (κ2) is 6.25. The summed E-state index contributed by atoms with van der Waals surface area (Å²) >= 11 is 5.90. The van der Waals surface area contributed by atoms with Gasteiger partial charge in [0.25, 0.3) is 5.69 Å². The van der Waals surface area contributed by atoms with Crippen LogP contribution in [0.15, 0.2) is 42.5 Å². The first kappa shape index (κ1) is 16.5. The molecule has 0 aliphatic heterocycles. The van der Waals surface area contributed by atoms with Gasteiger partial charge in [0, 0.05) is 28.8 Å². The highest BCUT2D eigenvalue weighted by atomic mass is 35.5. The fraction of sp³-hybridized carbons (Fsp3) is 0. The van der Waals surface area contributed by atoms with Crippen LogP contribution in [0.4, 0.5) is 5.69 Å². The van der Waals surface area contributed by atoms with E-state index in [9.17, 15) is 20.0 Å². The summed E-state index contributed by atoms with van der Waals surface area (Å²) < 4.78 is 0. The van der Waals surface area contributed by atoms with Gasteiger partial charge >= 0.3 is 5.97 Å². The third-order valence-corrected chi connectivity index (χ3v) is 3.67. The van der Waals surface area contributed by atoms with Gasteiger partial charge in [0.15, 0.2) is 0 Å². The Bertz CT molecular complexity index is 1040. The molecule has 0 radical (unpaired) electrons. The SMILES string of the molecule is O=C(O)/C=C(\c1nc2ccc([N+](=O)[O-])cc2[nH]1)c1cc(Cl)ccc1[O-]. The maximum Gasteiger partial charge on any atom is 0.329 e. The number of hydrogen-bond acceptors (Lipinski definition) is 5. The van der Waals surface area contributed by atoms with Crippen molar-refractivity contribution in [2.45, 2.75) is 0 Å². The van der Waals surface area contributed by atoms with Gasteiger partial charge in [-0.15, -0.1) is 5.75 Å². The number of carbonyl (C=O) groups is 1. The molecule has 0 saturated heterocycles. The Morgan fingerprint density at radius 3 is 2.72 bits per heavy atom. The molecule has 1 heterocycles. The number of imidazole rings is 1. The van der Waals surface area contributed by atoms with Crippen LogP contribution in [0.2, 0.25) is 5.02 Å². The van der Waals surface area contributed by atoms with Crippen molar-refractivity contribution in [1.82, 2.24) is 9.97 Å². The summed E-state index contributed by atoms with van der Waals surface area (Å²) in [4.78, 5) is 28.5. The third-order valence-electron chi connectivity index (χ3n) is 3.43. The van der Waals surface area contributed by atoms with Gasteiger partial charge in [-0.05, 0) is 23.8 Å². The first-order chi connectivity index (χ1) is 11.8. The van der Waals surface area contributed by atoms with E-state index >= 15 is 0 Å². The first-order valence-electron chi connectivity index (χ1n) is 6.91. The molecule has 8 nitrogen and oxygen atoms in total. The summed E-state index contributed by atoms with van der Waals surface area (Å²) in [6, 6.07) is 7.96. The minimum atomic E-state index is -1.28. The summed E-state index contributed by atoms with van der Waals surface area (Å²) in [5, 5.41) is 32.3. The van der Waals surface area contributed by atoms with Gasteiger partial charge < -0.3 is 15.2 Å². The highest BCUT2D eigenvalue weighted by Crippen LogP contribution is 2.31. The maximum absolute atomic E-state index is 12.1. The Morgan fingerprint density at radius 1 is 1.28 bits per heavy atom. The number of hydrogen-bond donors (Lipinski definition) is 2. The predicted octanol–water partition coefficient (Wildman–Crippen LogP) is 2.71. The number of rotatable bonds is 4. The smallest absolute Gasteiger partial charge is 0.329 e. The highest BCUT2D eigenvalue weighted by molar-refractivity contribution is 6.30. The molecule has 1 aromatic heterocycles. The number of halogens is 1. The first-order valence-corrected chi connectivity index (χ1v) is 7.29. The molecule has 0 spiro atoms. The van der Waals surface area contributed by atoms with E-state index in [-0.39, 0.29) is 27.7 Å². The largest absolute Gasteiger partial charge is 0.872 e. The number of aliphatic carboxylic acids is 1. The van der Waals surface area contributed by atoms with E-state index in [1.807, 2.05) is 0 Å². The zero-order chi connectivity index (χ0) is 18.1. The van der Waals surface area contributed by atoms with Gasteiger partial charge in [-0.3, -0.25) is 10.1 Å². The fourth-order valence-corrected chi connectivity index (χ4v) is 2.52. The molecule has 0 unspecified atom stereocenters. The Kier molecular flexibility index (Phi) is 4.12. The summed E-state index contributed by atoms with van der Waals surface area (Å²) in [6.45, 7) is 0. The summed E-state index contributed by atoms with van der Waals surface area (Å²) in [5.74, 6) is -1.61. The van der Waals surface area contributed by atoms with Crippen molar-refractivity contribution < 1.29 is 19.9 Å². The average molecular weight is 359 g/mol. The van der Waals surface area contributed by atoms with Crippen LogP contribution in [-0.2, 0) is 4.79 Å². The third kappa shape index (κ3) is 3.29. The number of benzene rings is 2. The number of aromatic nitrogens is 2. The van der Waals surface area contributed by atoms with E-state index in [0.717, 1.165) is 6.08 Å². The van der Waals surface area contributed by atoms with Crippen molar-refractivity contribution in [3.05, 3.63) is 69.0 Å². The van der Waals surface area contributed by atoms with E-state index in [2.05, 4.69) is 9.97 Å². The average Bonchev–Trinajstić information content (AvgIpc) is 2.97. The van der Waals surface area contributed by atoms with Crippen LogP contribution in [0.3, 0.4) is 0 Å². The van der Waals surface area contributed by atoms with Crippen LogP contribution in [0, 0.1) is 10.1 Å². The molecule has 9 heteroatoms. The molecule has 2 aromatic carbocycles. The number of H-pyrrole nitrogens is 1. The molecule has 0 fully saturated rings. The van der Waals surface area contributed by atoms with Crippen molar-refractivity contribution in [1.29, 1.82) is 0 Å².